The van der Waals surface area contributed by atoms with E-state index in [-0.39, 0.29) is 5.92 Å². The first kappa shape index (κ1) is 39.6. The van der Waals surface area contributed by atoms with Crippen LogP contribution in [0.3, 0.4) is 0 Å². The molecule has 1 aliphatic rings. The van der Waals surface area contributed by atoms with E-state index in [2.05, 4.69) is 250 Å². The summed E-state index contributed by atoms with van der Waals surface area (Å²) < 4.78 is 9.51. The smallest absolute Gasteiger partial charge is 0.240 e. The van der Waals surface area contributed by atoms with Crippen molar-refractivity contribution in [2.75, 3.05) is 0 Å². The number of hydrogen-bond acceptors (Lipinski definition) is 3. The lowest BCUT2D eigenvalue weighted by Gasteiger charge is -2.24. The van der Waals surface area contributed by atoms with Gasteiger partial charge in [-0.3, -0.25) is 9.13 Å². The fourth-order valence-electron chi connectivity index (χ4n) is 11.9. The number of para-hydroxylation sites is 6. The Bertz CT molecular complexity index is 4420. The van der Waals surface area contributed by atoms with Gasteiger partial charge in [0.1, 0.15) is 0 Å². The molecule has 1 unspecified atom stereocenters. The van der Waals surface area contributed by atoms with Gasteiger partial charge in [0.25, 0.3) is 0 Å². The third kappa shape index (κ3) is 5.81. The molecule has 9 aromatic carbocycles. The number of benzene rings is 9. The molecule has 0 saturated carbocycles. The lowest BCUT2D eigenvalue weighted by molar-refractivity contribution is 0.748. The van der Waals surface area contributed by atoms with Gasteiger partial charge in [-0.2, -0.15) is 15.0 Å². The van der Waals surface area contributed by atoms with Crippen LogP contribution in [0, 0.1) is 0 Å². The first-order chi connectivity index (χ1) is 35.2. The molecule has 5 heterocycles. The molecule has 0 amide bonds. The van der Waals surface area contributed by atoms with Gasteiger partial charge in [-0.15, -0.1) is 0 Å². The highest BCUT2D eigenvalue weighted by molar-refractivity contribution is 6.23. The molecule has 334 valence electrons. The van der Waals surface area contributed by atoms with Crippen LogP contribution in [0.2, 0.25) is 0 Å². The maximum absolute atomic E-state index is 5.76. The van der Waals surface area contributed by atoms with E-state index in [4.69, 9.17) is 15.0 Å². The van der Waals surface area contributed by atoms with Gasteiger partial charge in [-0.05, 0) is 83.1 Å². The Kier molecular flexibility index (Phi) is 8.56. The van der Waals surface area contributed by atoms with Gasteiger partial charge in [0, 0.05) is 49.3 Å². The zero-order valence-electron chi connectivity index (χ0n) is 38.8. The molecule has 7 heteroatoms. The molecule has 0 saturated heterocycles. The SMILES string of the molecule is CC1Cc2c(n(-c3nc(-c4ccc(-c5ccccc5)cc4)nc(-n4c5ccccc5c5ccc6c7ccccc7n(-c7ccccc7)c6c54)n3)c3ccccc23)-c2c1c1ccccc1n2-c1ccccc1. The quantitative estimate of drug-likeness (QED) is 0.167. The van der Waals surface area contributed by atoms with Gasteiger partial charge >= 0.3 is 0 Å². The lowest BCUT2D eigenvalue weighted by atomic mass is 9.84. The van der Waals surface area contributed by atoms with Crippen LogP contribution in [0.25, 0.3) is 123 Å². The highest BCUT2D eigenvalue weighted by Gasteiger charge is 2.35. The van der Waals surface area contributed by atoms with Crippen molar-refractivity contribution in [1.29, 1.82) is 0 Å². The van der Waals surface area contributed by atoms with Crippen LogP contribution < -0.4 is 0 Å². The minimum Gasteiger partial charge on any atom is -0.307 e. The Morgan fingerprint density at radius 2 is 0.775 bits per heavy atom. The summed E-state index contributed by atoms with van der Waals surface area (Å²) in [7, 11) is 0. The molecule has 0 aliphatic heterocycles. The van der Waals surface area contributed by atoms with Gasteiger partial charge < -0.3 is 9.13 Å². The Hall–Kier alpha value is -9.33. The lowest BCUT2D eigenvalue weighted by Crippen LogP contribution is -2.15. The summed E-state index contributed by atoms with van der Waals surface area (Å²) >= 11 is 0. The monoisotopic (exact) mass is 909 g/mol. The maximum Gasteiger partial charge on any atom is 0.240 e. The summed E-state index contributed by atoms with van der Waals surface area (Å²) in [6, 6.07) is 80.3. The summed E-state index contributed by atoms with van der Waals surface area (Å²) in [5, 5.41) is 7.06. The molecule has 0 spiro atoms. The molecule has 15 rings (SSSR count). The minimum atomic E-state index is 0.260. The molecule has 71 heavy (non-hydrogen) atoms. The van der Waals surface area contributed by atoms with E-state index in [1.54, 1.807) is 0 Å². The van der Waals surface area contributed by atoms with E-state index >= 15 is 0 Å². The molecule has 1 atom stereocenters. The Morgan fingerprint density at radius 1 is 0.338 bits per heavy atom. The molecule has 0 fully saturated rings. The van der Waals surface area contributed by atoms with Gasteiger partial charge in [-0.1, -0.05) is 183 Å². The largest absolute Gasteiger partial charge is 0.307 e. The average molecular weight is 910 g/mol. The highest BCUT2D eigenvalue weighted by atomic mass is 15.3. The number of nitrogens with zero attached hydrogens (tertiary/aromatic N) is 7. The van der Waals surface area contributed by atoms with Crippen LogP contribution in [0.4, 0.5) is 0 Å². The maximum atomic E-state index is 5.76. The first-order valence-electron chi connectivity index (χ1n) is 24.4. The number of fused-ring (bicyclic) bond motifs is 14. The van der Waals surface area contributed by atoms with Gasteiger partial charge in [0.2, 0.25) is 11.9 Å². The topological polar surface area (TPSA) is 58.4 Å². The Balaban J connectivity index is 1.09. The van der Waals surface area contributed by atoms with Crippen molar-refractivity contribution in [3.8, 4) is 57.2 Å². The van der Waals surface area contributed by atoms with Crippen molar-refractivity contribution in [2.45, 2.75) is 19.3 Å². The van der Waals surface area contributed by atoms with Crippen molar-refractivity contribution < 1.29 is 0 Å². The molecule has 5 aromatic heterocycles. The third-order valence-corrected chi connectivity index (χ3v) is 14.9. The Labute approximate surface area is 408 Å². The standard InChI is InChI=1S/C64H43N7/c1-40-39-52-48-27-13-17-31-55(48)71(60(52)61-57(40)51-28-14-18-32-56(51)69(61)45-23-9-4-10-24-45)64-66-62(43-35-33-42(34-36-43)41-19-5-2-6-20-41)65-63(67-64)70-54-30-16-12-26-47(54)50-38-37-49-46-25-11-15-29-53(46)68(58(49)59(50)70)44-21-7-3-8-22-44/h2-38,40H,39H2,1H3. The van der Waals surface area contributed by atoms with Gasteiger partial charge in [0.05, 0.1) is 44.5 Å². The fraction of sp³-hybridized carbons (Fsp3) is 0.0469. The minimum absolute atomic E-state index is 0.260. The van der Waals surface area contributed by atoms with E-state index in [9.17, 15) is 0 Å². The number of rotatable bonds is 6. The second-order valence-electron chi connectivity index (χ2n) is 18.8. The van der Waals surface area contributed by atoms with E-state index < -0.39 is 0 Å². The van der Waals surface area contributed by atoms with Crippen molar-refractivity contribution >= 4 is 65.4 Å². The summed E-state index contributed by atoms with van der Waals surface area (Å²) in [6.45, 7) is 2.38. The molecule has 0 bridgehead atoms. The number of hydrogen-bond donors (Lipinski definition) is 0. The number of aromatic nitrogens is 7. The van der Waals surface area contributed by atoms with Crippen LogP contribution in [-0.2, 0) is 6.42 Å². The van der Waals surface area contributed by atoms with Crippen LogP contribution in [0.1, 0.15) is 24.0 Å². The zero-order chi connectivity index (χ0) is 46.7. The molecule has 7 nitrogen and oxygen atoms in total. The summed E-state index contributed by atoms with van der Waals surface area (Å²) in [4.78, 5) is 16.9. The van der Waals surface area contributed by atoms with E-state index in [1.165, 1.54) is 38.5 Å². The van der Waals surface area contributed by atoms with E-state index in [0.29, 0.717) is 17.7 Å². The molecule has 0 radical (unpaired) electrons. The van der Waals surface area contributed by atoms with E-state index in [0.717, 1.165) is 83.9 Å². The van der Waals surface area contributed by atoms with Crippen LogP contribution in [0.15, 0.2) is 224 Å². The average Bonchev–Trinajstić information content (AvgIpc) is 4.17. The van der Waals surface area contributed by atoms with Crippen LogP contribution in [-0.4, -0.2) is 33.2 Å². The normalized spacial score (nSPS) is 13.5. The van der Waals surface area contributed by atoms with Gasteiger partial charge in [0.15, 0.2) is 5.82 Å². The van der Waals surface area contributed by atoms with Crippen LogP contribution in [0.5, 0.6) is 0 Å². The predicted octanol–water partition coefficient (Wildman–Crippen LogP) is 15.6. The Morgan fingerprint density at radius 3 is 1.39 bits per heavy atom. The third-order valence-electron chi connectivity index (χ3n) is 14.9. The fourth-order valence-corrected chi connectivity index (χ4v) is 11.9. The second kappa shape index (κ2) is 15.3. The second-order valence-corrected chi connectivity index (χ2v) is 18.8. The van der Waals surface area contributed by atoms with Crippen LogP contribution >= 0.6 is 0 Å². The molecule has 14 aromatic rings. The molecule has 1 aliphatic carbocycles. The molecule has 0 N–H and O–H groups in total. The molecular formula is C64H43N7. The van der Waals surface area contributed by atoms with Gasteiger partial charge in [-0.25, -0.2) is 0 Å². The van der Waals surface area contributed by atoms with Crippen molar-refractivity contribution in [3.05, 3.63) is 236 Å². The summed E-state index contributed by atoms with van der Waals surface area (Å²) in [5.74, 6) is 1.95. The summed E-state index contributed by atoms with van der Waals surface area (Å²) in [6.07, 6.45) is 0.874. The first-order valence-corrected chi connectivity index (χ1v) is 24.4. The zero-order valence-corrected chi connectivity index (χ0v) is 38.8. The highest BCUT2D eigenvalue weighted by Crippen LogP contribution is 2.50. The van der Waals surface area contributed by atoms with Crippen molar-refractivity contribution in [1.82, 2.24) is 33.2 Å². The van der Waals surface area contributed by atoms with Crippen molar-refractivity contribution in [3.63, 3.8) is 0 Å². The summed E-state index contributed by atoms with van der Waals surface area (Å²) in [5.41, 5.74) is 16.8. The van der Waals surface area contributed by atoms with Crippen molar-refractivity contribution in [2.24, 2.45) is 0 Å². The van der Waals surface area contributed by atoms with E-state index in [1.807, 2.05) is 0 Å². The predicted molar refractivity (Wildman–Crippen MR) is 291 cm³/mol. The molecular weight excluding hydrogens is 867 g/mol.